The summed E-state index contributed by atoms with van der Waals surface area (Å²) < 4.78 is 0. The summed E-state index contributed by atoms with van der Waals surface area (Å²) in [7, 11) is 0. The van der Waals surface area contributed by atoms with Crippen LogP contribution in [-0.2, 0) is 30.4 Å². The van der Waals surface area contributed by atoms with Crippen LogP contribution in [0.4, 0.5) is 0 Å². The van der Waals surface area contributed by atoms with E-state index in [0.717, 1.165) is 5.56 Å². The third kappa shape index (κ3) is 27.9. The van der Waals surface area contributed by atoms with Crippen LogP contribution in [0.1, 0.15) is 24.8 Å². The number of hydrogen-bond acceptors (Lipinski definition) is 10. The Morgan fingerprint density at radius 1 is 0.763 bits per heavy atom. The smallest absolute Gasteiger partial charge is 0.321 e. The molecule has 0 aliphatic rings. The van der Waals surface area contributed by atoms with Gasteiger partial charge in [-0.2, -0.15) is 0 Å². The number of benzene rings is 1. The van der Waals surface area contributed by atoms with E-state index < -0.39 is 47.9 Å². The SMILES string of the molecule is NC(=O)C[C@H](N)C(=O)O.NC(N)=NCCC[C@H](N)C(=O)O.NCC(=O)O.N[C@@H](Cc1ccccc1)C(=O)O. The molecule has 0 saturated carbocycles. The van der Waals surface area contributed by atoms with Gasteiger partial charge in [0.15, 0.2) is 5.96 Å². The second-order valence-corrected chi connectivity index (χ2v) is 7.24. The summed E-state index contributed by atoms with van der Waals surface area (Å²) >= 11 is 0. The van der Waals surface area contributed by atoms with Gasteiger partial charge in [-0.25, -0.2) is 0 Å². The van der Waals surface area contributed by atoms with Crippen LogP contribution in [0.2, 0.25) is 0 Å². The number of guanidine groups is 1. The minimum absolute atomic E-state index is 0.0129. The maximum Gasteiger partial charge on any atom is 0.321 e. The Hall–Kier alpha value is -4.32. The Balaban J connectivity index is -0.000000449. The Bertz CT molecular complexity index is 881. The van der Waals surface area contributed by atoms with Crippen molar-refractivity contribution in [3.8, 4) is 0 Å². The lowest BCUT2D eigenvalue weighted by atomic mass is 10.1. The summed E-state index contributed by atoms with van der Waals surface area (Å²) in [5.41, 5.74) is 35.8. The molecule has 0 unspecified atom stereocenters. The van der Waals surface area contributed by atoms with E-state index >= 15 is 0 Å². The molecule has 17 heteroatoms. The van der Waals surface area contributed by atoms with Crippen LogP contribution >= 0.6 is 0 Å². The van der Waals surface area contributed by atoms with Gasteiger partial charge in [-0.15, -0.1) is 0 Å². The molecule has 0 bridgehead atoms. The van der Waals surface area contributed by atoms with Crippen LogP contribution in [0, 0.1) is 0 Å². The van der Waals surface area contributed by atoms with E-state index in [4.69, 9.17) is 49.1 Å². The molecule has 0 fully saturated rings. The highest BCUT2D eigenvalue weighted by molar-refractivity contribution is 5.83. The Labute approximate surface area is 218 Å². The van der Waals surface area contributed by atoms with Crippen LogP contribution < -0.4 is 40.1 Å². The van der Waals surface area contributed by atoms with Crippen molar-refractivity contribution in [3.05, 3.63) is 35.9 Å². The van der Waals surface area contributed by atoms with Gasteiger partial charge in [0.1, 0.15) is 18.1 Å². The van der Waals surface area contributed by atoms with Gasteiger partial charge in [-0.1, -0.05) is 30.3 Å². The average molecular weight is 547 g/mol. The fraction of sp³-hybridized carbons (Fsp3) is 0.429. The molecule has 38 heavy (non-hydrogen) atoms. The van der Waals surface area contributed by atoms with Gasteiger partial charge in [0, 0.05) is 6.54 Å². The highest BCUT2D eigenvalue weighted by Gasteiger charge is 2.13. The monoisotopic (exact) mass is 546 g/mol. The number of aliphatic imine (C=N–C) groups is 1. The fourth-order valence-electron chi connectivity index (χ4n) is 1.90. The summed E-state index contributed by atoms with van der Waals surface area (Å²) in [5.74, 6) is -4.83. The lowest BCUT2D eigenvalue weighted by Gasteiger charge is -2.04. The molecule has 0 radical (unpaired) electrons. The van der Waals surface area contributed by atoms with Crippen LogP contribution in [-0.4, -0.2) is 87.4 Å². The number of amides is 1. The van der Waals surface area contributed by atoms with Crippen molar-refractivity contribution >= 4 is 35.7 Å². The number of aliphatic carboxylic acids is 4. The molecule has 1 amide bonds. The largest absolute Gasteiger partial charge is 0.480 e. The molecule has 1 rings (SSSR count). The Kier molecular flexibility index (Phi) is 23.2. The number of primary amides is 1. The maximum atomic E-state index is 10.4. The van der Waals surface area contributed by atoms with Crippen molar-refractivity contribution in [2.75, 3.05) is 13.1 Å². The molecule has 3 atom stereocenters. The highest BCUT2D eigenvalue weighted by Crippen LogP contribution is 2.01. The van der Waals surface area contributed by atoms with Crippen LogP contribution in [0.15, 0.2) is 35.3 Å². The van der Waals surface area contributed by atoms with Crippen molar-refractivity contribution in [2.45, 2.75) is 43.8 Å². The molecule has 17 nitrogen and oxygen atoms in total. The van der Waals surface area contributed by atoms with Crippen LogP contribution in [0.3, 0.4) is 0 Å². The van der Waals surface area contributed by atoms with Gasteiger partial charge in [0.05, 0.1) is 13.0 Å². The van der Waals surface area contributed by atoms with E-state index in [1.54, 1.807) is 0 Å². The predicted octanol–water partition coefficient (Wildman–Crippen LogP) is -3.60. The number of carbonyl (C=O) groups excluding carboxylic acids is 1. The quantitative estimate of drug-likeness (QED) is 0.0684. The van der Waals surface area contributed by atoms with Gasteiger partial charge in [0.25, 0.3) is 0 Å². The molecule has 0 heterocycles. The number of rotatable bonds is 12. The first-order chi connectivity index (χ1) is 17.5. The van der Waals surface area contributed by atoms with Crippen LogP contribution in [0.25, 0.3) is 0 Å². The molecular weight excluding hydrogens is 508 g/mol. The zero-order valence-corrected chi connectivity index (χ0v) is 20.7. The first-order valence-electron chi connectivity index (χ1n) is 10.8. The number of carboxylic acids is 4. The fourth-order valence-corrected chi connectivity index (χ4v) is 1.90. The van der Waals surface area contributed by atoms with E-state index in [9.17, 15) is 24.0 Å². The van der Waals surface area contributed by atoms with Gasteiger partial charge in [0.2, 0.25) is 5.91 Å². The normalized spacial score (nSPS) is 11.7. The summed E-state index contributed by atoms with van der Waals surface area (Å²) in [6.45, 7) is 0.142. The van der Waals surface area contributed by atoms with Crippen molar-refractivity contribution in [1.29, 1.82) is 0 Å². The molecular formula is C21H38N8O9. The third-order valence-electron chi connectivity index (χ3n) is 3.81. The lowest BCUT2D eigenvalue weighted by Crippen LogP contribution is -2.34. The van der Waals surface area contributed by atoms with Gasteiger partial charge >= 0.3 is 23.9 Å². The molecule has 0 aliphatic heterocycles. The maximum absolute atomic E-state index is 10.4. The highest BCUT2D eigenvalue weighted by atomic mass is 16.4. The van der Waals surface area contributed by atoms with E-state index in [-0.39, 0.29) is 18.9 Å². The predicted molar refractivity (Wildman–Crippen MR) is 137 cm³/mol. The lowest BCUT2D eigenvalue weighted by molar-refractivity contribution is -0.140. The zero-order valence-electron chi connectivity index (χ0n) is 20.7. The second kappa shape index (κ2) is 23.1. The third-order valence-corrected chi connectivity index (χ3v) is 3.81. The number of hydrogen-bond donors (Lipinski definition) is 11. The second-order valence-electron chi connectivity index (χ2n) is 7.24. The Morgan fingerprint density at radius 3 is 1.53 bits per heavy atom. The standard InChI is InChI=1S/C9H11NO2.C6H14N4O2.C4H8N2O3.C2H5NO2/c10-8(9(11)12)6-7-4-2-1-3-5-7;7-4(5(11)12)2-1-3-10-6(8)9;5-2(4(8)9)1-3(6)7;3-1-2(4)5/h1-5,8H,6,10H2,(H,11,12);4H,1-3,7H2,(H,11,12)(H4,8,9,10);2H,1,5H2,(H2,6,7)(H,8,9);1,3H2,(H,4,5)/t8-;4-;2-;/m000./s1. The van der Waals surface area contributed by atoms with E-state index in [0.29, 0.717) is 25.8 Å². The molecule has 18 N–H and O–H groups in total. The minimum atomic E-state index is -1.21. The number of nitrogens with two attached hydrogens (primary N) is 7. The summed E-state index contributed by atoms with van der Waals surface area (Å²) in [4.78, 5) is 53.4. The van der Waals surface area contributed by atoms with E-state index in [2.05, 4.69) is 16.5 Å². The number of nitrogens with zero attached hydrogens (tertiary/aromatic N) is 1. The number of carboxylic acid groups (broad SMARTS) is 4. The first kappa shape index (κ1) is 38.2. The molecule has 216 valence electrons. The van der Waals surface area contributed by atoms with Gasteiger partial charge < -0.3 is 60.6 Å². The van der Waals surface area contributed by atoms with E-state index in [1.807, 2.05) is 30.3 Å². The van der Waals surface area contributed by atoms with Gasteiger partial charge in [-0.3, -0.25) is 29.0 Å². The van der Waals surface area contributed by atoms with Gasteiger partial charge in [-0.05, 0) is 24.8 Å². The minimum Gasteiger partial charge on any atom is -0.480 e. The van der Waals surface area contributed by atoms with Crippen molar-refractivity contribution in [3.63, 3.8) is 0 Å². The molecule has 1 aromatic carbocycles. The summed E-state index contributed by atoms with van der Waals surface area (Å²) in [5, 5.41) is 32.6. The topological polar surface area (TPSA) is 361 Å². The van der Waals surface area contributed by atoms with Crippen molar-refractivity contribution in [1.82, 2.24) is 0 Å². The summed E-state index contributed by atoms with van der Waals surface area (Å²) in [6.07, 6.45) is 1.03. The molecule has 0 aliphatic carbocycles. The molecule has 1 aromatic rings. The van der Waals surface area contributed by atoms with Crippen LogP contribution in [0.5, 0.6) is 0 Å². The van der Waals surface area contributed by atoms with Crippen molar-refractivity contribution in [2.24, 2.45) is 45.1 Å². The summed E-state index contributed by atoms with van der Waals surface area (Å²) in [6, 6.07) is 6.56. The first-order valence-corrected chi connectivity index (χ1v) is 10.8. The Morgan fingerprint density at radius 2 is 1.21 bits per heavy atom. The van der Waals surface area contributed by atoms with E-state index in [1.165, 1.54) is 0 Å². The van der Waals surface area contributed by atoms with Crippen molar-refractivity contribution < 1.29 is 44.4 Å². The zero-order chi connectivity index (χ0) is 30.3. The molecule has 0 aromatic heterocycles. The average Bonchev–Trinajstić information content (AvgIpc) is 2.82. The number of carbonyl (C=O) groups is 5. The molecule has 0 spiro atoms. The molecule has 0 saturated heterocycles.